The maximum atomic E-state index is 11.9. The smallest absolute Gasteiger partial charge is 0.234 e. The van der Waals surface area contributed by atoms with Gasteiger partial charge in [0.2, 0.25) is 5.91 Å². The van der Waals surface area contributed by atoms with Crippen LogP contribution in [-0.4, -0.2) is 19.0 Å². The number of carbonyl (C=O) groups excluding carboxylic acids is 1. The average Bonchev–Trinajstić information content (AvgIpc) is 3.44. The fourth-order valence-electron chi connectivity index (χ4n) is 2.56. The topological polar surface area (TPSA) is 50.4 Å². The van der Waals surface area contributed by atoms with Crippen molar-refractivity contribution >= 4 is 17.5 Å². The lowest BCUT2D eigenvalue weighted by Gasteiger charge is -2.13. The summed E-state index contributed by atoms with van der Waals surface area (Å²) in [5.74, 6) is 1.45. The number of halogens is 1. The molecule has 0 aromatic heterocycles. The van der Waals surface area contributed by atoms with Crippen LogP contribution in [0, 0.1) is 5.92 Å². The Morgan fingerprint density at radius 1 is 1.08 bits per heavy atom. The summed E-state index contributed by atoms with van der Waals surface area (Å²) >= 11 is 6.12. The zero-order chi connectivity index (χ0) is 17.5. The van der Waals surface area contributed by atoms with Gasteiger partial charge in [0.15, 0.2) is 0 Å². The molecule has 2 N–H and O–H groups in total. The molecule has 4 nitrogen and oxygen atoms in total. The number of nitrogens with one attached hydrogen (secondary N) is 2. The molecule has 1 fully saturated rings. The van der Waals surface area contributed by atoms with Crippen LogP contribution in [0.2, 0.25) is 5.02 Å². The minimum atomic E-state index is 0.0162. The molecule has 3 rings (SSSR count). The Morgan fingerprint density at radius 2 is 1.80 bits per heavy atom. The molecule has 132 valence electrons. The van der Waals surface area contributed by atoms with Crippen LogP contribution in [-0.2, 0) is 17.9 Å². The van der Waals surface area contributed by atoms with Crippen molar-refractivity contribution in [2.24, 2.45) is 5.92 Å². The molecule has 0 spiro atoms. The van der Waals surface area contributed by atoms with E-state index in [1.165, 1.54) is 12.8 Å². The SMILES string of the molecule is O=C(CNCC1CC1)NCc1ccccc1COc1ccccc1Cl. The first-order valence-electron chi connectivity index (χ1n) is 8.64. The minimum absolute atomic E-state index is 0.0162. The summed E-state index contributed by atoms with van der Waals surface area (Å²) in [6, 6.07) is 15.3. The van der Waals surface area contributed by atoms with Gasteiger partial charge in [0.1, 0.15) is 12.4 Å². The zero-order valence-electron chi connectivity index (χ0n) is 14.1. The van der Waals surface area contributed by atoms with E-state index in [-0.39, 0.29) is 5.91 Å². The van der Waals surface area contributed by atoms with Gasteiger partial charge in [0.25, 0.3) is 0 Å². The molecule has 0 radical (unpaired) electrons. The second kappa shape index (κ2) is 8.88. The lowest BCUT2D eigenvalue weighted by Crippen LogP contribution is -2.34. The van der Waals surface area contributed by atoms with Gasteiger partial charge in [0, 0.05) is 6.54 Å². The molecule has 0 heterocycles. The van der Waals surface area contributed by atoms with E-state index in [0.29, 0.717) is 30.5 Å². The summed E-state index contributed by atoms with van der Waals surface area (Å²) < 4.78 is 5.81. The minimum Gasteiger partial charge on any atom is -0.487 e. The first kappa shape index (κ1) is 17.8. The molecule has 0 aliphatic heterocycles. The van der Waals surface area contributed by atoms with Gasteiger partial charge in [-0.25, -0.2) is 0 Å². The fraction of sp³-hybridized carbons (Fsp3) is 0.350. The molecule has 1 aliphatic carbocycles. The first-order chi connectivity index (χ1) is 12.2. The quantitative estimate of drug-likeness (QED) is 0.721. The van der Waals surface area contributed by atoms with E-state index in [4.69, 9.17) is 16.3 Å². The van der Waals surface area contributed by atoms with Crippen molar-refractivity contribution in [1.29, 1.82) is 0 Å². The Hall–Kier alpha value is -2.04. The fourth-order valence-corrected chi connectivity index (χ4v) is 2.75. The number of amides is 1. The molecule has 0 atom stereocenters. The zero-order valence-corrected chi connectivity index (χ0v) is 14.9. The van der Waals surface area contributed by atoms with Gasteiger partial charge in [-0.15, -0.1) is 0 Å². The standard InChI is InChI=1S/C20H23ClN2O2/c21-18-7-3-4-8-19(18)25-14-17-6-2-1-5-16(17)12-23-20(24)13-22-11-15-9-10-15/h1-8,15,22H,9-14H2,(H,23,24). The Labute approximate surface area is 153 Å². The molecule has 1 saturated carbocycles. The second-order valence-corrected chi connectivity index (χ2v) is 6.75. The van der Waals surface area contributed by atoms with Crippen molar-refractivity contribution in [2.75, 3.05) is 13.1 Å². The molecular weight excluding hydrogens is 336 g/mol. The Kier molecular flexibility index (Phi) is 6.31. The molecule has 0 saturated heterocycles. The highest BCUT2D eigenvalue weighted by molar-refractivity contribution is 6.32. The van der Waals surface area contributed by atoms with Gasteiger partial charge in [-0.05, 0) is 48.6 Å². The van der Waals surface area contributed by atoms with Crippen molar-refractivity contribution < 1.29 is 9.53 Å². The van der Waals surface area contributed by atoms with Gasteiger partial charge < -0.3 is 15.4 Å². The number of carbonyl (C=O) groups is 1. The third-order valence-corrected chi connectivity index (χ3v) is 4.54. The normalized spacial score (nSPS) is 13.5. The molecule has 0 unspecified atom stereocenters. The number of hydrogen-bond acceptors (Lipinski definition) is 3. The molecule has 1 amide bonds. The van der Waals surface area contributed by atoms with Crippen LogP contribution in [0.25, 0.3) is 0 Å². The molecule has 1 aliphatic rings. The second-order valence-electron chi connectivity index (χ2n) is 6.34. The number of rotatable bonds is 9. The largest absolute Gasteiger partial charge is 0.487 e. The first-order valence-corrected chi connectivity index (χ1v) is 9.01. The van der Waals surface area contributed by atoms with Gasteiger partial charge in [-0.1, -0.05) is 48.0 Å². The lowest BCUT2D eigenvalue weighted by atomic mass is 10.1. The Bertz CT molecular complexity index is 716. The molecule has 2 aromatic carbocycles. The van der Waals surface area contributed by atoms with E-state index in [9.17, 15) is 4.79 Å². The molecular formula is C20H23ClN2O2. The van der Waals surface area contributed by atoms with Crippen molar-refractivity contribution in [3.63, 3.8) is 0 Å². The van der Waals surface area contributed by atoms with Gasteiger partial charge in [0.05, 0.1) is 11.6 Å². The van der Waals surface area contributed by atoms with Crippen LogP contribution < -0.4 is 15.4 Å². The van der Waals surface area contributed by atoms with E-state index in [1.807, 2.05) is 42.5 Å². The third-order valence-electron chi connectivity index (χ3n) is 4.23. The van der Waals surface area contributed by atoms with Crippen molar-refractivity contribution in [1.82, 2.24) is 10.6 Å². The number of ether oxygens (including phenoxy) is 1. The van der Waals surface area contributed by atoms with Crippen LogP contribution in [0.15, 0.2) is 48.5 Å². The highest BCUT2D eigenvalue weighted by atomic mass is 35.5. The molecule has 0 bridgehead atoms. The summed E-state index contributed by atoms with van der Waals surface area (Å²) in [6.45, 7) is 2.21. The summed E-state index contributed by atoms with van der Waals surface area (Å²) in [4.78, 5) is 11.9. The molecule has 2 aromatic rings. The maximum Gasteiger partial charge on any atom is 0.234 e. The summed E-state index contributed by atoms with van der Waals surface area (Å²) in [7, 11) is 0. The van der Waals surface area contributed by atoms with Crippen molar-refractivity contribution in [2.45, 2.75) is 26.0 Å². The van der Waals surface area contributed by atoms with E-state index in [0.717, 1.165) is 23.6 Å². The van der Waals surface area contributed by atoms with Crippen molar-refractivity contribution in [3.05, 3.63) is 64.7 Å². The molecule has 5 heteroatoms. The summed E-state index contributed by atoms with van der Waals surface area (Å²) in [5, 5.41) is 6.75. The number of hydrogen-bond donors (Lipinski definition) is 2. The van der Waals surface area contributed by atoms with E-state index >= 15 is 0 Å². The van der Waals surface area contributed by atoms with Gasteiger partial charge in [-0.2, -0.15) is 0 Å². The van der Waals surface area contributed by atoms with Crippen LogP contribution in [0.5, 0.6) is 5.75 Å². The Morgan fingerprint density at radius 3 is 2.56 bits per heavy atom. The van der Waals surface area contributed by atoms with Crippen LogP contribution in [0.1, 0.15) is 24.0 Å². The highest BCUT2D eigenvalue weighted by Crippen LogP contribution is 2.27. The van der Waals surface area contributed by atoms with E-state index in [2.05, 4.69) is 10.6 Å². The Balaban J connectivity index is 1.49. The monoisotopic (exact) mass is 358 g/mol. The summed E-state index contributed by atoms with van der Waals surface area (Å²) in [5.41, 5.74) is 2.08. The lowest BCUT2D eigenvalue weighted by molar-refractivity contribution is -0.120. The van der Waals surface area contributed by atoms with E-state index in [1.54, 1.807) is 6.07 Å². The molecule has 25 heavy (non-hydrogen) atoms. The van der Waals surface area contributed by atoms with Gasteiger partial charge in [-0.3, -0.25) is 4.79 Å². The van der Waals surface area contributed by atoms with Crippen LogP contribution in [0.3, 0.4) is 0 Å². The van der Waals surface area contributed by atoms with Crippen LogP contribution >= 0.6 is 11.6 Å². The predicted molar refractivity (Wildman–Crippen MR) is 99.7 cm³/mol. The van der Waals surface area contributed by atoms with Crippen LogP contribution in [0.4, 0.5) is 0 Å². The highest BCUT2D eigenvalue weighted by Gasteiger charge is 2.20. The van der Waals surface area contributed by atoms with Crippen molar-refractivity contribution in [3.8, 4) is 5.75 Å². The third kappa shape index (κ3) is 5.76. The van der Waals surface area contributed by atoms with Gasteiger partial charge >= 0.3 is 0 Å². The van der Waals surface area contributed by atoms with E-state index < -0.39 is 0 Å². The number of para-hydroxylation sites is 1. The maximum absolute atomic E-state index is 11.9. The predicted octanol–water partition coefficient (Wildman–Crippen LogP) is 3.53. The average molecular weight is 359 g/mol. The number of benzene rings is 2. The summed E-state index contributed by atoms with van der Waals surface area (Å²) in [6.07, 6.45) is 2.57.